The van der Waals surface area contributed by atoms with Crippen molar-refractivity contribution < 1.29 is 12.8 Å². The van der Waals surface area contributed by atoms with Crippen LogP contribution in [-0.4, -0.2) is 32.9 Å². The highest BCUT2D eigenvalue weighted by Gasteiger charge is 2.23. The van der Waals surface area contributed by atoms with E-state index in [0.29, 0.717) is 13.0 Å². The Hall–Kier alpha value is -0.980. The Morgan fingerprint density at radius 3 is 2.56 bits per heavy atom. The van der Waals surface area contributed by atoms with E-state index in [1.54, 1.807) is 0 Å². The van der Waals surface area contributed by atoms with Crippen LogP contribution in [0.15, 0.2) is 29.2 Å². The molecule has 0 aliphatic heterocycles. The van der Waals surface area contributed by atoms with Crippen LogP contribution in [0, 0.1) is 5.82 Å². The Balaban J connectivity index is 2.98. The zero-order valence-electron chi connectivity index (χ0n) is 9.06. The Bertz CT molecular complexity index is 448. The fourth-order valence-corrected chi connectivity index (χ4v) is 2.53. The maximum absolute atomic E-state index is 13.3. The topological polar surface area (TPSA) is 63.4 Å². The van der Waals surface area contributed by atoms with E-state index in [9.17, 15) is 12.8 Å². The van der Waals surface area contributed by atoms with Crippen LogP contribution in [0.5, 0.6) is 0 Å². The average molecular weight is 246 g/mol. The van der Waals surface area contributed by atoms with Crippen molar-refractivity contribution in [3.8, 4) is 0 Å². The van der Waals surface area contributed by atoms with Crippen molar-refractivity contribution in [2.45, 2.75) is 11.3 Å². The second-order valence-electron chi connectivity index (χ2n) is 3.40. The van der Waals surface area contributed by atoms with Gasteiger partial charge in [0.2, 0.25) is 10.0 Å². The minimum Gasteiger partial charge on any atom is -0.330 e. The van der Waals surface area contributed by atoms with Crippen molar-refractivity contribution in [2.24, 2.45) is 5.73 Å². The van der Waals surface area contributed by atoms with Crippen LogP contribution in [-0.2, 0) is 10.0 Å². The van der Waals surface area contributed by atoms with Crippen molar-refractivity contribution in [2.75, 3.05) is 20.1 Å². The first-order valence-electron chi connectivity index (χ1n) is 4.91. The van der Waals surface area contributed by atoms with Gasteiger partial charge in [-0.3, -0.25) is 0 Å². The molecule has 0 radical (unpaired) electrons. The zero-order chi connectivity index (χ0) is 12.2. The number of nitrogens with zero attached hydrogens (tertiary/aromatic N) is 1. The molecule has 0 aliphatic carbocycles. The lowest BCUT2D eigenvalue weighted by Crippen LogP contribution is -2.29. The van der Waals surface area contributed by atoms with Gasteiger partial charge in [0.25, 0.3) is 0 Å². The lowest BCUT2D eigenvalue weighted by atomic mass is 10.4. The largest absolute Gasteiger partial charge is 0.330 e. The maximum atomic E-state index is 13.3. The normalized spacial score (nSPS) is 12.0. The second-order valence-corrected chi connectivity index (χ2v) is 5.41. The van der Waals surface area contributed by atoms with Crippen LogP contribution in [0.4, 0.5) is 4.39 Å². The Kier molecular flexibility index (Phi) is 4.40. The van der Waals surface area contributed by atoms with E-state index < -0.39 is 15.8 Å². The summed E-state index contributed by atoms with van der Waals surface area (Å²) < 4.78 is 38.3. The number of halogens is 1. The lowest BCUT2D eigenvalue weighted by Gasteiger charge is -2.16. The summed E-state index contributed by atoms with van der Waals surface area (Å²) in [5, 5.41) is 0. The number of sulfonamides is 1. The molecule has 0 amide bonds. The number of hydrogen-bond acceptors (Lipinski definition) is 3. The van der Waals surface area contributed by atoms with Gasteiger partial charge in [0.05, 0.1) is 0 Å². The smallest absolute Gasteiger partial charge is 0.245 e. The molecule has 0 aromatic heterocycles. The molecule has 6 heteroatoms. The first-order chi connectivity index (χ1) is 7.50. The molecule has 0 atom stereocenters. The lowest BCUT2D eigenvalue weighted by molar-refractivity contribution is 0.457. The third-order valence-electron chi connectivity index (χ3n) is 2.20. The quantitative estimate of drug-likeness (QED) is 0.835. The molecule has 2 N–H and O–H groups in total. The van der Waals surface area contributed by atoms with Crippen molar-refractivity contribution >= 4 is 10.0 Å². The molecule has 0 bridgehead atoms. The van der Waals surface area contributed by atoms with Crippen molar-refractivity contribution in [1.82, 2.24) is 4.31 Å². The summed E-state index contributed by atoms with van der Waals surface area (Å²) in [6, 6.07) is 5.33. The molecule has 1 aromatic carbocycles. The first kappa shape index (κ1) is 13.1. The molecule has 0 heterocycles. The van der Waals surface area contributed by atoms with Crippen LogP contribution >= 0.6 is 0 Å². The summed E-state index contributed by atoms with van der Waals surface area (Å²) in [4.78, 5) is -0.297. The third-order valence-corrected chi connectivity index (χ3v) is 4.09. The van der Waals surface area contributed by atoms with E-state index in [-0.39, 0.29) is 11.4 Å². The molecule has 16 heavy (non-hydrogen) atoms. The van der Waals surface area contributed by atoms with Gasteiger partial charge in [-0.15, -0.1) is 0 Å². The highest BCUT2D eigenvalue weighted by Crippen LogP contribution is 2.17. The molecule has 0 saturated carbocycles. The van der Waals surface area contributed by atoms with E-state index in [1.165, 1.54) is 25.2 Å². The summed E-state index contributed by atoms with van der Waals surface area (Å²) in [7, 11) is -2.32. The minimum absolute atomic E-state index is 0.285. The fourth-order valence-electron chi connectivity index (χ4n) is 1.26. The number of rotatable bonds is 5. The van der Waals surface area contributed by atoms with Crippen LogP contribution < -0.4 is 5.73 Å². The van der Waals surface area contributed by atoms with E-state index >= 15 is 0 Å². The van der Waals surface area contributed by atoms with Gasteiger partial charge in [0.15, 0.2) is 0 Å². The highest BCUT2D eigenvalue weighted by molar-refractivity contribution is 7.89. The van der Waals surface area contributed by atoms with E-state index in [2.05, 4.69) is 0 Å². The van der Waals surface area contributed by atoms with Crippen molar-refractivity contribution in [3.05, 3.63) is 30.1 Å². The third kappa shape index (κ3) is 2.78. The van der Waals surface area contributed by atoms with Gasteiger partial charge < -0.3 is 5.73 Å². The predicted molar refractivity (Wildman–Crippen MR) is 59.9 cm³/mol. The summed E-state index contributed by atoms with van der Waals surface area (Å²) in [5.41, 5.74) is 5.29. The number of benzene rings is 1. The fraction of sp³-hybridized carbons (Fsp3) is 0.400. The SMILES string of the molecule is CN(CCCN)S(=O)(=O)c1ccccc1F. The van der Waals surface area contributed by atoms with E-state index in [4.69, 9.17) is 5.73 Å². The van der Waals surface area contributed by atoms with Crippen LogP contribution in [0.1, 0.15) is 6.42 Å². The number of nitrogens with two attached hydrogens (primary N) is 1. The minimum atomic E-state index is -3.74. The summed E-state index contributed by atoms with van der Waals surface area (Å²) in [6.07, 6.45) is 0.546. The summed E-state index contributed by atoms with van der Waals surface area (Å²) in [6.45, 7) is 0.685. The monoisotopic (exact) mass is 246 g/mol. The van der Waals surface area contributed by atoms with Crippen LogP contribution in [0.3, 0.4) is 0 Å². The molecular formula is C10H15FN2O2S. The number of hydrogen-bond donors (Lipinski definition) is 1. The molecule has 0 spiro atoms. The van der Waals surface area contributed by atoms with Crippen molar-refractivity contribution in [1.29, 1.82) is 0 Å². The predicted octanol–water partition coefficient (Wildman–Crippen LogP) is 0.795. The van der Waals surface area contributed by atoms with E-state index in [1.807, 2.05) is 0 Å². The molecule has 1 rings (SSSR count). The van der Waals surface area contributed by atoms with Gasteiger partial charge in [-0.2, -0.15) is 0 Å². The second kappa shape index (κ2) is 5.38. The molecule has 90 valence electrons. The zero-order valence-corrected chi connectivity index (χ0v) is 9.87. The summed E-state index contributed by atoms with van der Waals surface area (Å²) in [5.74, 6) is -0.734. The van der Waals surface area contributed by atoms with Crippen molar-refractivity contribution in [3.63, 3.8) is 0 Å². The molecule has 4 nitrogen and oxygen atoms in total. The van der Waals surface area contributed by atoms with Gasteiger partial charge in [-0.1, -0.05) is 12.1 Å². The standard InChI is InChI=1S/C10H15FN2O2S/c1-13(8-4-7-12)16(14,15)10-6-3-2-5-9(10)11/h2-3,5-6H,4,7-8,12H2,1H3. The average Bonchev–Trinajstić information content (AvgIpc) is 2.26. The van der Waals surface area contributed by atoms with Crippen LogP contribution in [0.25, 0.3) is 0 Å². The van der Waals surface area contributed by atoms with E-state index in [0.717, 1.165) is 10.4 Å². The van der Waals surface area contributed by atoms with Gasteiger partial charge in [-0.25, -0.2) is 17.1 Å². The summed E-state index contributed by atoms with van der Waals surface area (Å²) >= 11 is 0. The van der Waals surface area contributed by atoms with Gasteiger partial charge >= 0.3 is 0 Å². The molecule has 0 aliphatic rings. The molecule has 1 aromatic rings. The Morgan fingerprint density at radius 2 is 2.00 bits per heavy atom. The van der Waals surface area contributed by atoms with Gasteiger partial charge in [0.1, 0.15) is 10.7 Å². The molecule has 0 fully saturated rings. The van der Waals surface area contributed by atoms with Gasteiger partial charge in [0, 0.05) is 13.6 Å². The molecule has 0 unspecified atom stereocenters. The molecule has 0 saturated heterocycles. The van der Waals surface area contributed by atoms with Gasteiger partial charge in [-0.05, 0) is 25.1 Å². The first-order valence-corrected chi connectivity index (χ1v) is 6.35. The Morgan fingerprint density at radius 1 is 1.38 bits per heavy atom. The Labute approximate surface area is 94.9 Å². The maximum Gasteiger partial charge on any atom is 0.245 e. The highest BCUT2D eigenvalue weighted by atomic mass is 32.2. The van der Waals surface area contributed by atoms with Crippen LogP contribution in [0.2, 0.25) is 0 Å². The molecular weight excluding hydrogens is 231 g/mol.